The number of carboxylic acid groups (broad SMARTS) is 1. The van der Waals surface area contributed by atoms with Gasteiger partial charge in [-0.3, -0.25) is 4.79 Å². The lowest BCUT2D eigenvalue weighted by Gasteiger charge is -2.15. The number of carbonyl (C=O) groups is 2. The molecule has 0 unspecified atom stereocenters. The van der Waals surface area contributed by atoms with Crippen molar-refractivity contribution in [1.82, 2.24) is 5.32 Å². The molecule has 2 N–H and O–H groups in total. The van der Waals surface area contributed by atoms with Crippen molar-refractivity contribution < 1.29 is 41.0 Å². The Hall–Kier alpha value is -3.04. The molecule has 0 saturated carbocycles. The van der Waals surface area contributed by atoms with Crippen molar-refractivity contribution in [2.75, 3.05) is 0 Å². The van der Waals surface area contributed by atoms with Gasteiger partial charge in [0.2, 0.25) is 5.91 Å². The lowest BCUT2D eigenvalue weighted by molar-refractivity contribution is -0.141. The minimum Gasteiger partial charge on any atom is -0.480 e. The van der Waals surface area contributed by atoms with E-state index in [9.17, 15) is 41.0 Å². The SMILES string of the molecule is O=C(Cc1ccc(C(F)(F)F)cc1)N[C@H](Cc1ccc(C(F)(F)F)cc1)C(=O)O. The normalized spacial score (nSPS) is 13.0. The number of carboxylic acids is 1. The van der Waals surface area contributed by atoms with Gasteiger partial charge in [-0.05, 0) is 35.4 Å². The first-order chi connectivity index (χ1) is 13.4. The maximum Gasteiger partial charge on any atom is 0.416 e. The van der Waals surface area contributed by atoms with Crippen molar-refractivity contribution in [3.8, 4) is 0 Å². The van der Waals surface area contributed by atoms with Gasteiger partial charge in [0.1, 0.15) is 6.04 Å². The molecule has 0 spiro atoms. The van der Waals surface area contributed by atoms with Crippen molar-refractivity contribution in [1.29, 1.82) is 0 Å². The Kier molecular flexibility index (Phi) is 6.55. The Morgan fingerprint density at radius 1 is 0.793 bits per heavy atom. The lowest BCUT2D eigenvalue weighted by Crippen LogP contribution is -2.43. The number of hydrogen-bond donors (Lipinski definition) is 2. The van der Waals surface area contributed by atoms with Gasteiger partial charge < -0.3 is 10.4 Å². The summed E-state index contributed by atoms with van der Waals surface area (Å²) in [5.74, 6) is -2.14. The minimum atomic E-state index is -4.53. The standard InChI is InChI=1S/C19H15F6NO3/c20-18(21,22)13-5-1-11(2-6-13)9-15(17(28)29)26-16(27)10-12-3-7-14(8-4-12)19(23,24)25/h1-8,15H,9-10H2,(H,26,27)(H,28,29)/t15-/m1/s1. The molecule has 2 aromatic rings. The zero-order chi connectivity index (χ0) is 21.8. The van der Waals surface area contributed by atoms with E-state index in [1.54, 1.807) is 0 Å². The van der Waals surface area contributed by atoms with Gasteiger partial charge in [0.25, 0.3) is 0 Å². The summed E-state index contributed by atoms with van der Waals surface area (Å²) in [7, 11) is 0. The third-order valence-electron chi connectivity index (χ3n) is 4.00. The smallest absolute Gasteiger partial charge is 0.416 e. The second-order valence-corrected chi connectivity index (χ2v) is 6.23. The Balaban J connectivity index is 2.01. The number of alkyl halides is 6. The molecule has 0 aliphatic carbocycles. The maximum absolute atomic E-state index is 12.6. The van der Waals surface area contributed by atoms with Crippen LogP contribution in [0.15, 0.2) is 48.5 Å². The molecule has 2 aromatic carbocycles. The highest BCUT2D eigenvalue weighted by Crippen LogP contribution is 2.30. The number of carbonyl (C=O) groups excluding carboxylic acids is 1. The van der Waals surface area contributed by atoms with E-state index in [4.69, 9.17) is 0 Å². The van der Waals surface area contributed by atoms with E-state index in [1.807, 2.05) is 0 Å². The van der Waals surface area contributed by atoms with Crippen molar-refractivity contribution in [2.45, 2.75) is 31.2 Å². The topological polar surface area (TPSA) is 66.4 Å². The van der Waals surface area contributed by atoms with Crippen LogP contribution in [-0.4, -0.2) is 23.0 Å². The first kappa shape index (κ1) is 22.3. The molecule has 1 amide bonds. The first-order valence-corrected chi connectivity index (χ1v) is 8.20. The molecule has 1 atom stereocenters. The Morgan fingerprint density at radius 2 is 1.21 bits per heavy atom. The van der Waals surface area contributed by atoms with Crippen molar-refractivity contribution in [2.24, 2.45) is 0 Å². The van der Waals surface area contributed by atoms with Gasteiger partial charge in [-0.1, -0.05) is 24.3 Å². The molecule has 4 nitrogen and oxygen atoms in total. The van der Waals surface area contributed by atoms with E-state index in [-0.39, 0.29) is 24.0 Å². The Labute approximate surface area is 161 Å². The summed E-state index contributed by atoms with van der Waals surface area (Å²) >= 11 is 0. The third kappa shape index (κ3) is 6.51. The van der Waals surface area contributed by atoms with Gasteiger partial charge in [0.05, 0.1) is 17.5 Å². The van der Waals surface area contributed by atoms with Crippen LogP contribution in [0.2, 0.25) is 0 Å². The lowest BCUT2D eigenvalue weighted by atomic mass is 10.0. The summed E-state index contributed by atoms with van der Waals surface area (Å²) in [6, 6.07) is 6.24. The highest BCUT2D eigenvalue weighted by Gasteiger charge is 2.31. The summed E-state index contributed by atoms with van der Waals surface area (Å²) in [5.41, 5.74) is -1.26. The maximum atomic E-state index is 12.6. The Bertz CT molecular complexity index is 857. The largest absolute Gasteiger partial charge is 0.480 e. The molecule has 29 heavy (non-hydrogen) atoms. The minimum absolute atomic E-state index is 0.245. The van der Waals surface area contributed by atoms with Crippen LogP contribution in [-0.2, 0) is 34.8 Å². The molecule has 2 rings (SSSR count). The van der Waals surface area contributed by atoms with Crippen molar-refractivity contribution >= 4 is 11.9 Å². The van der Waals surface area contributed by atoms with Crippen LogP contribution in [0.4, 0.5) is 26.3 Å². The zero-order valence-electron chi connectivity index (χ0n) is 14.6. The summed E-state index contributed by atoms with van der Waals surface area (Å²) < 4.78 is 75.3. The summed E-state index contributed by atoms with van der Waals surface area (Å²) in [4.78, 5) is 23.4. The quantitative estimate of drug-likeness (QED) is 0.694. The average molecular weight is 419 g/mol. The Morgan fingerprint density at radius 3 is 1.59 bits per heavy atom. The van der Waals surface area contributed by atoms with Crippen LogP contribution in [0.25, 0.3) is 0 Å². The fraction of sp³-hybridized carbons (Fsp3) is 0.263. The summed E-state index contributed by atoms with van der Waals surface area (Å²) in [6.07, 6.45) is -9.65. The van der Waals surface area contributed by atoms with Crippen molar-refractivity contribution in [3.63, 3.8) is 0 Å². The van der Waals surface area contributed by atoms with Gasteiger partial charge in [-0.25, -0.2) is 4.79 Å². The molecular formula is C19H15F6NO3. The van der Waals surface area contributed by atoms with Crippen LogP contribution >= 0.6 is 0 Å². The fourth-order valence-corrected chi connectivity index (χ4v) is 2.51. The number of halogens is 6. The van der Waals surface area contributed by atoms with Gasteiger partial charge in [-0.2, -0.15) is 26.3 Å². The number of rotatable bonds is 6. The number of hydrogen-bond acceptors (Lipinski definition) is 2. The highest BCUT2D eigenvalue weighted by atomic mass is 19.4. The zero-order valence-corrected chi connectivity index (χ0v) is 14.6. The van der Waals surface area contributed by atoms with Crippen molar-refractivity contribution in [3.05, 3.63) is 70.8 Å². The predicted octanol–water partition coefficient (Wildman–Crippen LogP) is 4.08. The van der Waals surface area contributed by atoms with Crippen LogP contribution in [0, 0.1) is 0 Å². The fourth-order valence-electron chi connectivity index (χ4n) is 2.51. The summed E-state index contributed by atoms with van der Waals surface area (Å²) in [5, 5.41) is 11.5. The number of aliphatic carboxylic acids is 1. The molecule has 0 aromatic heterocycles. The molecule has 0 aliphatic heterocycles. The number of nitrogens with one attached hydrogen (secondary N) is 1. The van der Waals surface area contributed by atoms with E-state index in [1.165, 1.54) is 0 Å². The van der Waals surface area contributed by atoms with Crippen LogP contribution in [0.3, 0.4) is 0 Å². The first-order valence-electron chi connectivity index (χ1n) is 8.20. The van der Waals surface area contributed by atoms with Crippen LogP contribution in [0.1, 0.15) is 22.3 Å². The van der Waals surface area contributed by atoms with E-state index in [2.05, 4.69) is 5.32 Å². The highest BCUT2D eigenvalue weighted by molar-refractivity contribution is 5.85. The van der Waals surface area contributed by atoms with Gasteiger partial charge in [0.15, 0.2) is 0 Å². The van der Waals surface area contributed by atoms with Crippen LogP contribution < -0.4 is 5.32 Å². The molecule has 0 bridgehead atoms. The molecule has 156 valence electrons. The summed E-state index contributed by atoms with van der Waals surface area (Å²) in [6.45, 7) is 0. The predicted molar refractivity (Wildman–Crippen MR) is 89.9 cm³/mol. The van der Waals surface area contributed by atoms with E-state index >= 15 is 0 Å². The van der Waals surface area contributed by atoms with Crippen LogP contribution in [0.5, 0.6) is 0 Å². The number of amides is 1. The molecular weight excluding hydrogens is 404 g/mol. The molecule has 0 heterocycles. The molecule has 10 heteroatoms. The van der Waals surface area contributed by atoms with E-state index < -0.39 is 41.4 Å². The molecule has 0 saturated heterocycles. The molecule has 0 aliphatic rings. The van der Waals surface area contributed by atoms with Gasteiger partial charge in [-0.15, -0.1) is 0 Å². The van der Waals surface area contributed by atoms with Gasteiger partial charge in [0, 0.05) is 6.42 Å². The monoisotopic (exact) mass is 419 g/mol. The van der Waals surface area contributed by atoms with E-state index in [0.717, 1.165) is 48.5 Å². The second-order valence-electron chi connectivity index (χ2n) is 6.23. The van der Waals surface area contributed by atoms with Gasteiger partial charge >= 0.3 is 18.3 Å². The third-order valence-corrected chi connectivity index (χ3v) is 4.00. The molecule has 0 fully saturated rings. The molecule has 0 radical (unpaired) electrons. The van der Waals surface area contributed by atoms with E-state index in [0.29, 0.717) is 0 Å². The number of benzene rings is 2. The average Bonchev–Trinajstić information content (AvgIpc) is 2.60. The second kappa shape index (κ2) is 8.54.